The second-order valence-electron chi connectivity index (χ2n) is 11.9. The summed E-state index contributed by atoms with van der Waals surface area (Å²) in [6.07, 6.45) is 18.6. The summed E-state index contributed by atoms with van der Waals surface area (Å²) in [6, 6.07) is 8.26. The molecule has 3 N–H and O–H groups in total. The van der Waals surface area contributed by atoms with E-state index in [2.05, 4.69) is 27.5 Å². The fourth-order valence-electron chi connectivity index (χ4n) is 6.95. The summed E-state index contributed by atoms with van der Waals surface area (Å²) in [5.41, 5.74) is 7.49. The Morgan fingerprint density at radius 2 is 1.56 bits per heavy atom. The molecule has 1 saturated carbocycles. The average molecular weight is 574 g/mol. The molecule has 1 atom stereocenters. The number of rotatable bonds is 7. The van der Waals surface area contributed by atoms with E-state index in [0.717, 1.165) is 92.2 Å². The molecule has 0 saturated heterocycles. The van der Waals surface area contributed by atoms with Gasteiger partial charge < -0.3 is 10.6 Å². The van der Waals surface area contributed by atoms with Crippen LogP contribution in [0.25, 0.3) is 0 Å². The minimum Gasteiger partial charge on any atom is -0.352 e. The molecule has 0 aromatic heterocycles. The molecule has 2 aromatic rings. The molecule has 2 aromatic carbocycles. The van der Waals surface area contributed by atoms with Crippen LogP contribution in [0.5, 0.6) is 0 Å². The van der Waals surface area contributed by atoms with Gasteiger partial charge in [-0.25, -0.2) is 17.9 Å². The SMILES string of the molecule is O=C(Nc1c2c(cc3c1CCC3)CCC2)NS(=O)(=O)c1cccc(C2C=CC(CNC(=O)C3CCCCCC3)=C2)c1. The highest BCUT2D eigenvalue weighted by Crippen LogP contribution is 2.38. The number of sulfonamides is 1. The number of anilines is 1. The first-order valence-electron chi connectivity index (χ1n) is 15.1. The summed E-state index contributed by atoms with van der Waals surface area (Å²) < 4.78 is 28.7. The van der Waals surface area contributed by atoms with Crippen molar-refractivity contribution in [2.75, 3.05) is 11.9 Å². The van der Waals surface area contributed by atoms with Gasteiger partial charge in [-0.05, 0) is 96.9 Å². The van der Waals surface area contributed by atoms with E-state index in [1.807, 2.05) is 18.2 Å². The van der Waals surface area contributed by atoms with E-state index in [1.54, 1.807) is 12.1 Å². The van der Waals surface area contributed by atoms with Crippen molar-refractivity contribution >= 4 is 27.6 Å². The number of urea groups is 1. The lowest BCUT2D eigenvalue weighted by Gasteiger charge is -2.17. The molecule has 0 aliphatic heterocycles. The molecular formula is C33H39N3O4S. The minimum atomic E-state index is -4.07. The lowest BCUT2D eigenvalue weighted by molar-refractivity contribution is -0.125. The third-order valence-electron chi connectivity index (χ3n) is 9.10. The number of aryl methyl sites for hydroxylation is 2. The number of nitrogens with one attached hydrogen (secondary N) is 3. The van der Waals surface area contributed by atoms with Gasteiger partial charge >= 0.3 is 6.03 Å². The Bertz CT molecular complexity index is 1480. The first-order chi connectivity index (χ1) is 19.9. The van der Waals surface area contributed by atoms with Gasteiger partial charge in [0, 0.05) is 24.1 Å². The Morgan fingerprint density at radius 1 is 0.854 bits per heavy atom. The smallest absolute Gasteiger partial charge is 0.333 e. The van der Waals surface area contributed by atoms with Crippen LogP contribution in [0.3, 0.4) is 0 Å². The monoisotopic (exact) mass is 573 g/mol. The molecule has 8 heteroatoms. The number of hydrogen-bond acceptors (Lipinski definition) is 4. The zero-order valence-electron chi connectivity index (χ0n) is 23.5. The van der Waals surface area contributed by atoms with Gasteiger partial charge in [0.25, 0.3) is 10.0 Å². The highest BCUT2D eigenvalue weighted by Gasteiger charge is 2.27. The number of carbonyl (C=O) groups is 2. The largest absolute Gasteiger partial charge is 0.352 e. The van der Waals surface area contributed by atoms with E-state index >= 15 is 0 Å². The van der Waals surface area contributed by atoms with Gasteiger partial charge in [0.05, 0.1) is 4.90 Å². The number of hydrogen-bond donors (Lipinski definition) is 3. The van der Waals surface area contributed by atoms with Crippen molar-refractivity contribution < 1.29 is 18.0 Å². The Morgan fingerprint density at radius 3 is 2.27 bits per heavy atom. The van der Waals surface area contributed by atoms with Crippen molar-refractivity contribution in [2.45, 2.75) is 87.9 Å². The van der Waals surface area contributed by atoms with E-state index < -0.39 is 16.1 Å². The van der Waals surface area contributed by atoms with Gasteiger partial charge in [0.2, 0.25) is 5.91 Å². The lowest BCUT2D eigenvalue weighted by atomic mass is 9.99. The number of fused-ring (bicyclic) bond motifs is 2. The van der Waals surface area contributed by atoms with Crippen LogP contribution in [-0.2, 0) is 40.5 Å². The molecule has 3 amide bonds. The van der Waals surface area contributed by atoms with E-state index in [-0.39, 0.29) is 22.6 Å². The standard InChI is InChI=1S/C33H39N3O4S/c37-32(23-8-3-1-2-4-9-23)34-21-22-16-17-25(18-22)24-10-5-13-28(20-24)41(39,40)36-33(38)35-31-29-14-6-11-26(29)19-27-12-7-15-30(27)31/h5,10,13,16-20,23,25H,1-4,6-9,11-12,14-15,21H2,(H,34,37)(H2,35,36,38). The zero-order valence-corrected chi connectivity index (χ0v) is 24.3. The molecule has 0 heterocycles. The van der Waals surface area contributed by atoms with Crippen LogP contribution in [0.2, 0.25) is 0 Å². The molecule has 4 aliphatic rings. The Hall–Kier alpha value is -3.39. The normalized spacial score (nSPS) is 20.2. The van der Waals surface area contributed by atoms with Crippen LogP contribution in [0.15, 0.2) is 59.0 Å². The fourth-order valence-corrected chi connectivity index (χ4v) is 7.91. The van der Waals surface area contributed by atoms with Crippen LogP contribution in [0, 0.1) is 5.92 Å². The number of amides is 3. The molecule has 216 valence electrons. The van der Waals surface area contributed by atoms with Gasteiger partial charge in [-0.3, -0.25) is 4.79 Å². The summed E-state index contributed by atoms with van der Waals surface area (Å²) in [6.45, 7) is 0.467. The van der Waals surface area contributed by atoms with E-state index in [9.17, 15) is 18.0 Å². The second kappa shape index (κ2) is 11.8. The number of carbonyl (C=O) groups excluding carboxylic acids is 2. The quantitative estimate of drug-likeness (QED) is 0.362. The predicted octanol–water partition coefficient (Wildman–Crippen LogP) is 5.84. The number of benzene rings is 2. The van der Waals surface area contributed by atoms with Crippen molar-refractivity contribution in [3.63, 3.8) is 0 Å². The molecule has 0 bridgehead atoms. The summed E-state index contributed by atoms with van der Waals surface area (Å²) in [7, 11) is -4.07. The first-order valence-corrected chi connectivity index (χ1v) is 16.6. The zero-order chi connectivity index (χ0) is 28.4. The molecule has 0 spiro atoms. The Labute approximate surface area is 242 Å². The molecule has 1 fully saturated rings. The third-order valence-corrected chi connectivity index (χ3v) is 10.4. The van der Waals surface area contributed by atoms with Crippen molar-refractivity contribution in [1.82, 2.24) is 10.0 Å². The van der Waals surface area contributed by atoms with E-state index in [1.165, 1.54) is 30.0 Å². The molecule has 4 aliphatic carbocycles. The maximum atomic E-state index is 13.2. The summed E-state index contributed by atoms with van der Waals surface area (Å²) >= 11 is 0. The highest BCUT2D eigenvalue weighted by molar-refractivity contribution is 7.90. The summed E-state index contributed by atoms with van der Waals surface area (Å²) in [5.74, 6) is 0.139. The average Bonchev–Trinajstić information content (AvgIpc) is 3.69. The van der Waals surface area contributed by atoms with E-state index in [0.29, 0.717) is 6.54 Å². The Balaban J connectivity index is 1.10. The summed E-state index contributed by atoms with van der Waals surface area (Å²) in [4.78, 5) is 25.7. The Kier molecular flexibility index (Phi) is 8.02. The molecule has 6 rings (SSSR count). The van der Waals surface area contributed by atoms with Crippen LogP contribution in [0.4, 0.5) is 10.5 Å². The first kappa shape index (κ1) is 27.8. The molecule has 7 nitrogen and oxygen atoms in total. The molecule has 41 heavy (non-hydrogen) atoms. The topological polar surface area (TPSA) is 104 Å². The van der Waals surface area contributed by atoms with Crippen molar-refractivity contribution in [3.05, 3.63) is 82.0 Å². The predicted molar refractivity (Wildman–Crippen MR) is 160 cm³/mol. The van der Waals surface area contributed by atoms with E-state index in [4.69, 9.17) is 0 Å². The maximum absolute atomic E-state index is 13.2. The summed E-state index contributed by atoms with van der Waals surface area (Å²) in [5, 5.41) is 6.00. The highest BCUT2D eigenvalue weighted by atomic mass is 32.2. The van der Waals surface area contributed by atoms with Crippen LogP contribution in [0.1, 0.15) is 85.1 Å². The van der Waals surface area contributed by atoms with Crippen LogP contribution in [-0.4, -0.2) is 26.9 Å². The van der Waals surface area contributed by atoms with Crippen molar-refractivity contribution in [3.8, 4) is 0 Å². The van der Waals surface area contributed by atoms with Gasteiger partial charge in [-0.15, -0.1) is 0 Å². The minimum absolute atomic E-state index is 0.0468. The molecule has 1 unspecified atom stereocenters. The second-order valence-corrected chi connectivity index (χ2v) is 13.6. The lowest BCUT2D eigenvalue weighted by Crippen LogP contribution is -2.35. The maximum Gasteiger partial charge on any atom is 0.333 e. The van der Waals surface area contributed by atoms with Crippen molar-refractivity contribution in [1.29, 1.82) is 0 Å². The fraction of sp³-hybridized carbons (Fsp3) is 0.455. The van der Waals surface area contributed by atoms with Gasteiger partial charge in [0.15, 0.2) is 0 Å². The van der Waals surface area contributed by atoms with Crippen molar-refractivity contribution in [2.24, 2.45) is 5.92 Å². The van der Waals surface area contributed by atoms with Crippen LogP contribution < -0.4 is 15.4 Å². The van der Waals surface area contributed by atoms with Gasteiger partial charge in [-0.2, -0.15) is 0 Å². The van der Waals surface area contributed by atoms with Gasteiger partial charge in [0.1, 0.15) is 0 Å². The molecular weight excluding hydrogens is 534 g/mol. The third kappa shape index (κ3) is 6.13. The molecule has 0 radical (unpaired) electrons. The number of allylic oxidation sites excluding steroid dienone is 2. The van der Waals surface area contributed by atoms with Gasteiger partial charge in [-0.1, -0.05) is 62.1 Å². The van der Waals surface area contributed by atoms with Crippen LogP contribution >= 0.6 is 0 Å².